The van der Waals surface area contributed by atoms with Crippen LogP contribution in [0.3, 0.4) is 0 Å². The molecule has 0 aromatic heterocycles. The van der Waals surface area contributed by atoms with Gasteiger partial charge in [-0.25, -0.2) is 0 Å². The lowest BCUT2D eigenvalue weighted by molar-refractivity contribution is -0.114. The maximum absolute atomic E-state index is 10.4. The third-order valence-corrected chi connectivity index (χ3v) is 2.48. The van der Waals surface area contributed by atoms with E-state index in [1.165, 1.54) is 0 Å². The Morgan fingerprint density at radius 1 is 1.55 bits per heavy atom. The molecule has 0 aliphatic carbocycles. The summed E-state index contributed by atoms with van der Waals surface area (Å²) in [7, 11) is 0. The van der Waals surface area contributed by atoms with Crippen molar-refractivity contribution in [1.82, 2.24) is 0 Å². The van der Waals surface area contributed by atoms with Crippen LogP contribution in [-0.4, -0.2) is 16.7 Å². The minimum absolute atomic E-state index is 0.0108. The zero-order valence-electron chi connectivity index (χ0n) is 7.69. The van der Waals surface area contributed by atoms with E-state index in [-0.39, 0.29) is 11.2 Å². The summed E-state index contributed by atoms with van der Waals surface area (Å²) >= 11 is 6.95. The van der Waals surface area contributed by atoms with E-state index in [1.807, 2.05) is 20.8 Å². The van der Waals surface area contributed by atoms with Gasteiger partial charge in [-0.2, -0.15) is 11.8 Å². The summed E-state index contributed by atoms with van der Waals surface area (Å²) in [4.78, 5) is 10.4. The van der Waals surface area contributed by atoms with Gasteiger partial charge >= 0.3 is 0 Å². The molecule has 11 heavy (non-hydrogen) atoms. The van der Waals surface area contributed by atoms with Gasteiger partial charge in [-0.05, 0) is 17.4 Å². The van der Waals surface area contributed by atoms with Gasteiger partial charge in [-0.3, -0.25) is 4.79 Å². The highest BCUT2D eigenvalue weighted by Gasteiger charge is 2.07. The fraction of sp³-hybridized carbons (Fsp3) is 0.875. The highest BCUT2D eigenvalue weighted by molar-refractivity contribution is 7.99. The largest absolute Gasteiger partial charge is 0.281 e. The van der Waals surface area contributed by atoms with Gasteiger partial charge in [0.05, 0.1) is 0 Å². The minimum atomic E-state index is -0.226. The Hall–Kier alpha value is 0.310. The molecule has 68 valence electrons. The molecule has 0 bridgehead atoms. The number of hydrogen-bond acceptors (Lipinski definition) is 2. The molecule has 0 aromatic carbocycles. The van der Waals surface area contributed by atoms with Crippen molar-refractivity contribution in [3.05, 3.63) is 0 Å². The summed E-state index contributed by atoms with van der Waals surface area (Å²) < 4.78 is 0. The average Bonchev–Trinajstić information content (AvgIpc) is 2.03. The van der Waals surface area contributed by atoms with E-state index in [4.69, 9.17) is 11.6 Å². The first kappa shape index (κ1) is 13.9. The van der Waals surface area contributed by atoms with Crippen LogP contribution in [-0.2, 0) is 4.79 Å². The number of carbonyl (C=O) groups is 1. The Kier molecular flexibility index (Phi) is 13.0. The fourth-order valence-corrected chi connectivity index (χ4v) is 1.27. The molecule has 0 amide bonds. The maximum atomic E-state index is 10.4. The molecule has 0 saturated heterocycles. The molecule has 0 aliphatic rings. The number of rotatable bonds is 4. The van der Waals surface area contributed by atoms with Crippen molar-refractivity contribution in [1.29, 1.82) is 0 Å². The van der Waals surface area contributed by atoms with Gasteiger partial charge in [0, 0.05) is 11.7 Å². The van der Waals surface area contributed by atoms with Gasteiger partial charge in [-0.15, -0.1) is 0 Å². The first-order chi connectivity index (χ1) is 5.18. The first-order valence-electron chi connectivity index (χ1n) is 3.95. The summed E-state index contributed by atoms with van der Waals surface area (Å²) in [5, 5.41) is -0.226. The van der Waals surface area contributed by atoms with Crippen LogP contribution in [0.25, 0.3) is 0 Å². The summed E-state index contributed by atoms with van der Waals surface area (Å²) in [5.74, 6) is 1.91. The summed E-state index contributed by atoms with van der Waals surface area (Å²) in [6.07, 6.45) is 0. The molecule has 0 rings (SSSR count). The van der Waals surface area contributed by atoms with Crippen LogP contribution >= 0.6 is 23.4 Å². The summed E-state index contributed by atoms with van der Waals surface area (Å²) in [5.41, 5.74) is 0. The zero-order valence-corrected chi connectivity index (χ0v) is 9.26. The lowest BCUT2D eigenvalue weighted by Gasteiger charge is -2.01. The predicted molar refractivity (Wildman–Crippen MR) is 54.4 cm³/mol. The Labute approximate surface area is 78.9 Å². The van der Waals surface area contributed by atoms with Crippen LogP contribution in [0.4, 0.5) is 0 Å². The molecule has 0 radical (unpaired) electrons. The predicted octanol–water partition coefficient (Wildman–Crippen LogP) is 3.17. The second-order valence-corrected chi connectivity index (χ2v) is 3.56. The fourth-order valence-electron chi connectivity index (χ4n) is 0.360. The van der Waals surface area contributed by atoms with E-state index >= 15 is 0 Å². The smallest absolute Gasteiger partial charge is 0.225 e. The zero-order chi connectivity index (χ0) is 9.28. The van der Waals surface area contributed by atoms with Crippen LogP contribution in [0.2, 0.25) is 0 Å². The molecular formula is C8H17ClOS. The van der Waals surface area contributed by atoms with Crippen molar-refractivity contribution in [2.45, 2.75) is 27.7 Å². The lowest BCUT2D eigenvalue weighted by atomic mass is 10.2. The van der Waals surface area contributed by atoms with Gasteiger partial charge in [0.2, 0.25) is 5.24 Å². The van der Waals surface area contributed by atoms with E-state index in [0.29, 0.717) is 0 Å². The van der Waals surface area contributed by atoms with Crippen molar-refractivity contribution >= 4 is 28.6 Å². The quantitative estimate of drug-likeness (QED) is 0.643. The molecule has 0 aromatic rings. The number of hydrogen-bond donors (Lipinski definition) is 0. The molecule has 3 heteroatoms. The average molecular weight is 197 g/mol. The summed E-state index contributed by atoms with van der Waals surface area (Å²) in [6, 6.07) is 0. The van der Waals surface area contributed by atoms with E-state index in [2.05, 4.69) is 6.92 Å². The molecule has 0 spiro atoms. The highest BCUT2D eigenvalue weighted by atomic mass is 35.5. The molecule has 1 atom stereocenters. The Balaban J connectivity index is 0. The van der Waals surface area contributed by atoms with Gasteiger partial charge in [0.1, 0.15) is 0 Å². The minimum Gasteiger partial charge on any atom is -0.281 e. The second kappa shape index (κ2) is 10.3. The molecule has 0 N–H and O–H groups in total. The van der Waals surface area contributed by atoms with Crippen LogP contribution in [0.5, 0.6) is 0 Å². The molecule has 0 fully saturated rings. The van der Waals surface area contributed by atoms with Gasteiger partial charge < -0.3 is 0 Å². The normalized spacial score (nSPS) is 11.4. The van der Waals surface area contributed by atoms with Crippen LogP contribution in [0.15, 0.2) is 0 Å². The molecular weight excluding hydrogens is 180 g/mol. The topological polar surface area (TPSA) is 17.1 Å². The summed E-state index contributed by atoms with van der Waals surface area (Å²) in [6.45, 7) is 7.91. The standard InChI is InChI=1S/C6H11ClOS.C2H6/c1-3-9-4-5(2)6(7)8;1-2/h5H,3-4H2,1-2H3;1-2H3. The Bertz CT molecular complexity index is 96.1. The van der Waals surface area contributed by atoms with Crippen LogP contribution in [0, 0.1) is 5.92 Å². The SMILES string of the molecule is CC.CCSCC(C)C(=O)Cl. The van der Waals surface area contributed by atoms with Crippen molar-refractivity contribution in [3.63, 3.8) is 0 Å². The van der Waals surface area contributed by atoms with Gasteiger partial charge in [0.15, 0.2) is 0 Å². The molecule has 1 unspecified atom stereocenters. The number of halogens is 1. The van der Waals surface area contributed by atoms with Crippen LogP contribution in [0.1, 0.15) is 27.7 Å². The van der Waals surface area contributed by atoms with E-state index in [9.17, 15) is 4.79 Å². The van der Waals surface area contributed by atoms with Gasteiger partial charge in [0.25, 0.3) is 0 Å². The molecule has 0 saturated carbocycles. The third-order valence-electron chi connectivity index (χ3n) is 0.959. The van der Waals surface area contributed by atoms with E-state index in [1.54, 1.807) is 11.8 Å². The highest BCUT2D eigenvalue weighted by Crippen LogP contribution is 2.09. The van der Waals surface area contributed by atoms with Crippen LogP contribution < -0.4 is 0 Å². The van der Waals surface area contributed by atoms with Gasteiger partial charge in [-0.1, -0.05) is 27.7 Å². The molecule has 1 nitrogen and oxygen atoms in total. The number of carbonyl (C=O) groups excluding carboxylic acids is 1. The Morgan fingerprint density at radius 2 is 2.00 bits per heavy atom. The van der Waals surface area contributed by atoms with E-state index in [0.717, 1.165) is 11.5 Å². The van der Waals surface area contributed by atoms with Crippen molar-refractivity contribution in [2.24, 2.45) is 5.92 Å². The monoisotopic (exact) mass is 196 g/mol. The lowest BCUT2D eigenvalue weighted by Crippen LogP contribution is -2.06. The van der Waals surface area contributed by atoms with Crippen molar-refractivity contribution in [2.75, 3.05) is 11.5 Å². The second-order valence-electron chi connectivity index (χ2n) is 1.86. The first-order valence-corrected chi connectivity index (χ1v) is 5.48. The van der Waals surface area contributed by atoms with Crippen molar-refractivity contribution in [3.8, 4) is 0 Å². The molecule has 0 aliphatic heterocycles. The Morgan fingerprint density at radius 3 is 2.27 bits per heavy atom. The third kappa shape index (κ3) is 10.3. The molecule has 0 heterocycles. The number of thioether (sulfide) groups is 1. The maximum Gasteiger partial charge on any atom is 0.225 e. The van der Waals surface area contributed by atoms with Crippen molar-refractivity contribution < 1.29 is 4.79 Å². The van der Waals surface area contributed by atoms with E-state index < -0.39 is 0 Å².